The van der Waals surface area contributed by atoms with Crippen molar-refractivity contribution in [2.24, 2.45) is 0 Å². The summed E-state index contributed by atoms with van der Waals surface area (Å²) < 4.78 is 55.3. The smallest absolute Gasteiger partial charge is 0.422 e. The predicted molar refractivity (Wildman–Crippen MR) is 166 cm³/mol. The van der Waals surface area contributed by atoms with Crippen LogP contribution in [0.5, 0.6) is 17.5 Å². The van der Waals surface area contributed by atoms with E-state index < -0.39 is 42.7 Å². The summed E-state index contributed by atoms with van der Waals surface area (Å²) in [5.74, 6) is -1.65. The zero-order valence-electron chi connectivity index (χ0n) is 25.9. The van der Waals surface area contributed by atoms with Gasteiger partial charge in [0, 0.05) is 25.3 Å². The number of nitrogens with zero attached hydrogens (tertiary/aromatic N) is 3. The summed E-state index contributed by atoms with van der Waals surface area (Å²) in [4.78, 5) is 48.7. The lowest BCUT2D eigenvalue weighted by Gasteiger charge is -2.18. The average Bonchev–Trinajstić information content (AvgIpc) is 3.05. The van der Waals surface area contributed by atoms with Gasteiger partial charge in [-0.2, -0.15) is 28.1 Å². The first-order valence-corrected chi connectivity index (χ1v) is 14.9. The molecule has 258 valence electrons. The number of carbonyl (C=O) groups is 3. The number of halogens is 3. The first kappa shape index (κ1) is 35.3. The number of nitrogens with one attached hydrogen (secondary N) is 5. The number of carboxylic acid groups (broad SMARTS) is 1. The third-order valence-electron chi connectivity index (χ3n) is 6.70. The lowest BCUT2D eigenvalue weighted by Crippen LogP contribution is -2.49. The van der Waals surface area contributed by atoms with Gasteiger partial charge in [-0.1, -0.05) is 12.1 Å². The minimum Gasteiger partial charge on any atom is -0.494 e. The summed E-state index contributed by atoms with van der Waals surface area (Å²) in [6, 6.07) is 8.87. The van der Waals surface area contributed by atoms with Crippen LogP contribution in [0.15, 0.2) is 42.5 Å². The number of aliphatic carboxylic acids is 1. The number of hydrogen-bond acceptors (Lipinski definition) is 11. The van der Waals surface area contributed by atoms with Crippen molar-refractivity contribution in [3.63, 3.8) is 0 Å². The number of benzene rings is 2. The molecule has 2 aliphatic rings. The number of amides is 3. The highest BCUT2D eigenvalue weighted by Crippen LogP contribution is 2.27. The van der Waals surface area contributed by atoms with Crippen LogP contribution in [0.3, 0.4) is 0 Å². The molecule has 3 heterocycles. The van der Waals surface area contributed by atoms with E-state index in [-0.39, 0.29) is 48.6 Å². The van der Waals surface area contributed by atoms with Crippen molar-refractivity contribution in [3.05, 3.63) is 53.6 Å². The molecule has 1 unspecified atom stereocenters. The van der Waals surface area contributed by atoms with Gasteiger partial charge >= 0.3 is 24.2 Å². The number of ether oxygens (including phenoxy) is 3. The van der Waals surface area contributed by atoms with Crippen molar-refractivity contribution in [1.82, 2.24) is 30.9 Å². The number of urea groups is 1. The Kier molecular flexibility index (Phi) is 12.4. The Morgan fingerprint density at radius 1 is 0.979 bits per heavy atom. The standard InChI is InChI=1S/C30H35F3N8O7/c1-34-28(45)36-16-22(25(43)44)38-24(42)21-11-8-19-14-23(21)47-13-5-3-2-4-12-46-20-9-6-18(7-10-20)15-35-26-39-27(37-19)41-29(40-26)48-17-30(31,32)33/h6-11,14,22H,2-5,12-13,15-17H2,1H3,(H,38,42)(H,43,44)(H2,34,36,45)(H2,35,37,39,40,41). The van der Waals surface area contributed by atoms with Gasteiger partial charge in [0.05, 0.1) is 25.3 Å². The van der Waals surface area contributed by atoms with E-state index in [4.69, 9.17) is 14.2 Å². The molecule has 1 aromatic heterocycles. The molecule has 3 aromatic rings. The van der Waals surface area contributed by atoms with Crippen molar-refractivity contribution in [2.75, 3.05) is 44.0 Å². The van der Waals surface area contributed by atoms with Crippen LogP contribution in [0.1, 0.15) is 41.6 Å². The minimum atomic E-state index is -4.64. The molecule has 0 radical (unpaired) electrons. The second-order valence-corrected chi connectivity index (χ2v) is 10.4. The number of anilines is 3. The van der Waals surface area contributed by atoms with Crippen molar-refractivity contribution < 1.29 is 46.9 Å². The van der Waals surface area contributed by atoms with Gasteiger partial charge in [-0.3, -0.25) is 4.79 Å². The van der Waals surface area contributed by atoms with Crippen LogP contribution in [-0.4, -0.2) is 83.6 Å². The molecular weight excluding hydrogens is 641 g/mol. The molecule has 6 N–H and O–H groups in total. The fourth-order valence-corrected chi connectivity index (χ4v) is 4.27. The monoisotopic (exact) mass is 676 g/mol. The van der Waals surface area contributed by atoms with Crippen LogP contribution in [0.2, 0.25) is 0 Å². The van der Waals surface area contributed by atoms with Crippen molar-refractivity contribution in [1.29, 1.82) is 0 Å². The Morgan fingerprint density at radius 3 is 2.38 bits per heavy atom. The zero-order chi connectivity index (χ0) is 34.5. The molecule has 18 heteroatoms. The maximum absolute atomic E-state index is 13.2. The summed E-state index contributed by atoms with van der Waals surface area (Å²) in [6.07, 6.45) is -1.55. The Morgan fingerprint density at radius 2 is 1.69 bits per heavy atom. The summed E-state index contributed by atoms with van der Waals surface area (Å²) in [5.41, 5.74) is 1.11. The average molecular weight is 677 g/mol. The molecule has 3 amide bonds. The van der Waals surface area contributed by atoms with Gasteiger partial charge in [-0.05, 0) is 55.5 Å². The molecular formula is C30H35F3N8O7. The van der Waals surface area contributed by atoms with Crippen LogP contribution in [0.25, 0.3) is 0 Å². The summed E-state index contributed by atoms with van der Waals surface area (Å²) in [5, 5.41) is 22.4. The quantitative estimate of drug-likeness (QED) is 0.213. The van der Waals surface area contributed by atoms with Gasteiger partial charge in [0.25, 0.3) is 5.91 Å². The summed E-state index contributed by atoms with van der Waals surface area (Å²) in [6.45, 7) is -1.08. The van der Waals surface area contributed by atoms with Gasteiger partial charge in [0.15, 0.2) is 6.61 Å². The van der Waals surface area contributed by atoms with Crippen LogP contribution >= 0.6 is 0 Å². The first-order valence-electron chi connectivity index (χ1n) is 14.9. The SMILES string of the molecule is CNC(=O)NCC(NC(=O)c1ccc2cc1OCCCCCCOc1ccc(cc1)CNc1nc(nc(OCC(F)(F)F)n1)N2)C(=O)O. The highest BCUT2D eigenvalue weighted by molar-refractivity contribution is 5.99. The van der Waals surface area contributed by atoms with E-state index in [0.717, 1.165) is 24.8 Å². The topological polar surface area (TPSA) is 198 Å². The fraction of sp³-hybridized carbons (Fsp3) is 0.400. The number of alkyl halides is 3. The lowest BCUT2D eigenvalue weighted by molar-refractivity contribution is -0.154. The summed E-state index contributed by atoms with van der Waals surface area (Å²) in [7, 11) is 1.36. The molecule has 6 bridgehead atoms. The van der Waals surface area contributed by atoms with Gasteiger partial charge in [-0.15, -0.1) is 0 Å². The number of carboxylic acids is 1. The van der Waals surface area contributed by atoms with Crippen molar-refractivity contribution >= 4 is 35.5 Å². The van der Waals surface area contributed by atoms with Crippen LogP contribution < -0.4 is 40.8 Å². The second kappa shape index (κ2) is 16.8. The van der Waals surface area contributed by atoms with Gasteiger partial charge in [-0.25, -0.2) is 9.59 Å². The van der Waals surface area contributed by atoms with Gasteiger partial charge < -0.3 is 45.9 Å². The van der Waals surface area contributed by atoms with Crippen molar-refractivity contribution in [2.45, 2.75) is 44.4 Å². The van der Waals surface area contributed by atoms with E-state index in [1.54, 1.807) is 0 Å². The zero-order valence-corrected chi connectivity index (χ0v) is 25.9. The highest BCUT2D eigenvalue weighted by atomic mass is 19.4. The molecule has 1 atom stereocenters. The Hall–Kier alpha value is -5.55. The fourth-order valence-electron chi connectivity index (χ4n) is 4.27. The molecule has 5 rings (SSSR count). The molecule has 0 saturated heterocycles. The Bertz CT molecular complexity index is 1560. The number of fused-ring (bicyclic) bond motifs is 10. The molecule has 15 nitrogen and oxygen atoms in total. The normalized spacial score (nSPS) is 14.3. The molecule has 48 heavy (non-hydrogen) atoms. The molecule has 0 aliphatic carbocycles. The van der Waals surface area contributed by atoms with E-state index in [2.05, 4.69) is 41.5 Å². The number of hydrogen-bond donors (Lipinski definition) is 6. The van der Waals surface area contributed by atoms with E-state index in [9.17, 15) is 32.7 Å². The van der Waals surface area contributed by atoms with E-state index in [0.29, 0.717) is 18.8 Å². The van der Waals surface area contributed by atoms with E-state index in [1.807, 2.05) is 24.3 Å². The highest BCUT2D eigenvalue weighted by Gasteiger charge is 2.29. The first-order chi connectivity index (χ1) is 23.0. The maximum atomic E-state index is 13.2. The third kappa shape index (κ3) is 11.4. The third-order valence-corrected chi connectivity index (χ3v) is 6.70. The predicted octanol–water partition coefficient (Wildman–Crippen LogP) is 3.61. The molecule has 2 aliphatic heterocycles. The molecule has 2 aromatic carbocycles. The van der Waals surface area contributed by atoms with Gasteiger partial charge in [0.1, 0.15) is 17.5 Å². The number of aromatic nitrogens is 3. The second-order valence-electron chi connectivity index (χ2n) is 10.4. The number of carbonyl (C=O) groups excluding carboxylic acids is 2. The maximum Gasteiger partial charge on any atom is 0.422 e. The Balaban J connectivity index is 1.62. The van der Waals surface area contributed by atoms with Crippen LogP contribution in [0.4, 0.5) is 35.5 Å². The largest absolute Gasteiger partial charge is 0.494 e. The minimum absolute atomic E-state index is 0.00439. The van der Waals surface area contributed by atoms with Crippen molar-refractivity contribution in [3.8, 4) is 17.5 Å². The van der Waals surface area contributed by atoms with Crippen LogP contribution in [-0.2, 0) is 11.3 Å². The van der Waals surface area contributed by atoms with E-state index in [1.165, 1.54) is 25.2 Å². The van der Waals surface area contributed by atoms with Gasteiger partial charge in [0.2, 0.25) is 11.9 Å². The molecule has 0 fully saturated rings. The summed E-state index contributed by atoms with van der Waals surface area (Å²) >= 11 is 0. The Labute approximate surface area is 273 Å². The molecule has 0 spiro atoms. The molecule has 0 saturated carbocycles. The lowest BCUT2D eigenvalue weighted by atomic mass is 10.1. The van der Waals surface area contributed by atoms with E-state index >= 15 is 0 Å². The van der Waals surface area contributed by atoms with Crippen LogP contribution in [0, 0.1) is 0 Å². The number of rotatable bonds is 7.